The van der Waals surface area contributed by atoms with Gasteiger partial charge in [-0.2, -0.15) is 0 Å². The summed E-state index contributed by atoms with van der Waals surface area (Å²) in [5.41, 5.74) is 0. The monoisotopic (exact) mass is 176 g/mol. The summed E-state index contributed by atoms with van der Waals surface area (Å²) in [4.78, 5) is 8.49. The number of hydrogen-bond acceptors (Lipinski definition) is 3. The van der Waals surface area contributed by atoms with Crippen molar-refractivity contribution in [2.75, 3.05) is 6.61 Å². The maximum atomic E-state index is 10.3. The first kappa shape index (κ1) is 8.79. The molecule has 0 heterocycles. The van der Waals surface area contributed by atoms with Gasteiger partial charge in [0.25, 0.3) is 0 Å². The Kier molecular flexibility index (Phi) is 4.12. The van der Waals surface area contributed by atoms with Crippen molar-refractivity contribution in [1.82, 2.24) is 0 Å². The lowest BCUT2D eigenvalue weighted by Gasteiger charge is -2.02. The normalized spacial score (nSPS) is 17.9. The minimum atomic E-state index is -3.49. The number of hydrogen-bond donors (Lipinski definition) is 1. The molecule has 0 aliphatic carbocycles. The quantitative estimate of drug-likeness (QED) is 0.669. The third-order valence-electron chi connectivity index (χ3n) is 0.379. The average molecular weight is 177 g/mol. The van der Waals surface area contributed by atoms with Crippen molar-refractivity contribution in [3.05, 3.63) is 0 Å². The van der Waals surface area contributed by atoms with E-state index in [9.17, 15) is 4.57 Å². The zero-order chi connectivity index (χ0) is 6.62. The van der Waals surface area contributed by atoms with E-state index in [1.807, 2.05) is 0 Å². The number of halogens is 1. The van der Waals surface area contributed by atoms with E-state index in [4.69, 9.17) is 15.6 Å². The molecular formula is C2H6ClO3PS. The molecule has 8 heavy (non-hydrogen) atoms. The van der Waals surface area contributed by atoms with Crippen LogP contribution < -0.4 is 0 Å². The molecule has 0 fully saturated rings. The van der Waals surface area contributed by atoms with Crippen LogP contribution in [0.5, 0.6) is 0 Å². The highest BCUT2D eigenvalue weighted by Gasteiger charge is 2.16. The third-order valence-corrected chi connectivity index (χ3v) is 3.55. The molecule has 0 aliphatic heterocycles. The molecule has 0 saturated heterocycles. The molecule has 0 aromatic heterocycles. The fourth-order valence-corrected chi connectivity index (χ4v) is 1.34. The Hall–Kier alpha value is 0.790. The Bertz CT molecular complexity index is 107. The van der Waals surface area contributed by atoms with Gasteiger partial charge in [-0.3, -0.25) is 0 Å². The van der Waals surface area contributed by atoms with Crippen LogP contribution in [-0.4, -0.2) is 11.5 Å². The largest absolute Gasteiger partial charge is 0.401 e. The topological polar surface area (TPSA) is 46.5 Å². The van der Waals surface area contributed by atoms with E-state index < -0.39 is 6.80 Å². The highest BCUT2D eigenvalue weighted by atomic mass is 35.7. The fraction of sp³-hybridized carbons (Fsp3) is 1.00. The first-order valence-corrected chi connectivity index (χ1v) is 5.72. The molecular weight excluding hydrogens is 171 g/mol. The van der Waals surface area contributed by atoms with E-state index >= 15 is 0 Å². The summed E-state index contributed by atoms with van der Waals surface area (Å²) in [6.45, 7) is -1.67. The minimum Gasteiger partial charge on any atom is -0.316 e. The molecule has 1 atom stereocenters. The summed E-state index contributed by atoms with van der Waals surface area (Å²) in [7, 11) is 5.26. The van der Waals surface area contributed by atoms with Crippen LogP contribution in [-0.2, 0) is 9.09 Å². The van der Waals surface area contributed by atoms with Crippen LogP contribution in [0.1, 0.15) is 6.92 Å². The zero-order valence-corrected chi connectivity index (χ0v) is 6.67. The molecule has 0 rings (SSSR count). The van der Waals surface area contributed by atoms with Crippen molar-refractivity contribution in [3.63, 3.8) is 0 Å². The second-order valence-corrected chi connectivity index (χ2v) is 5.33. The summed E-state index contributed by atoms with van der Waals surface area (Å²) in [5.74, 6) is 0. The summed E-state index contributed by atoms with van der Waals surface area (Å²) < 4.78 is 14.7. The van der Waals surface area contributed by atoms with Crippen molar-refractivity contribution in [2.45, 2.75) is 6.92 Å². The smallest absolute Gasteiger partial charge is 0.316 e. The maximum absolute atomic E-state index is 10.3. The fourth-order valence-electron chi connectivity index (χ4n) is 0.183. The van der Waals surface area contributed by atoms with Crippen LogP contribution in [0.25, 0.3) is 0 Å². The standard InChI is InChI=1S/C2H6ClO3PS/c1-2-6-7(4,5)8-3/h2H2,1H3,(H,4,5). The van der Waals surface area contributed by atoms with Crippen molar-refractivity contribution < 1.29 is 14.0 Å². The molecule has 0 aromatic carbocycles. The SMILES string of the molecule is CCOP(=O)(O)SCl. The predicted molar refractivity (Wildman–Crippen MR) is 34.9 cm³/mol. The molecule has 3 nitrogen and oxygen atoms in total. The maximum Gasteiger partial charge on any atom is 0.401 e. The summed E-state index contributed by atoms with van der Waals surface area (Å²) >= 11 is 0. The van der Waals surface area contributed by atoms with Gasteiger partial charge in [-0.1, -0.05) is 0 Å². The van der Waals surface area contributed by atoms with E-state index in [-0.39, 0.29) is 6.61 Å². The molecule has 6 heteroatoms. The van der Waals surface area contributed by atoms with Crippen molar-refractivity contribution >= 4 is 28.1 Å². The van der Waals surface area contributed by atoms with Gasteiger partial charge in [0.1, 0.15) is 0 Å². The lowest BCUT2D eigenvalue weighted by molar-refractivity contribution is 0.291. The molecule has 0 saturated carbocycles. The minimum absolute atomic E-state index is 0.202. The van der Waals surface area contributed by atoms with Gasteiger partial charge in [-0.05, 0) is 17.6 Å². The first-order valence-electron chi connectivity index (χ1n) is 1.90. The number of rotatable bonds is 3. The van der Waals surface area contributed by atoms with Gasteiger partial charge in [0.05, 0.1) is 17.2 Å². The average Bonchev–Trinajstić information content (AvgIpc) is 1.67. The van der Waals surface area contributed by atoms with Crippen molar-refractivity contribution in [2.24, 2.45) is 0 Å². The Balaban J connectivity index is 3.55. The van der Waals surface area contributed by atoms with E-state index in [0.29, 0.717) is 10.6 Å². The van der Waals surface area contributed by atoms with E-state index in [1.54, 1.807) is 6.92 Å². The summed E-state index contributed by atoms with van der Waals surface area (Å²) in [6, 6.07) is 0. The highest BCUT2D eigenvalue weighted by Crippen LogP contribution is 2.57. The van der Waals surface area contributed by atoms with Gasteiger partial charge >= 0.3 is 6.80 Å². The van der Waals surface area contributed by atoms with Crippen LogP contribution >= 0.6 is 28.1 Å². The lowest BCUT2D eigenvalue weighted by Crippen LogP contribution is -1.80. The van der Waals surface area contributed by atoms with E-state index in [1.165, 1.54) is 0 Å². The third kappa shape index (κ3) is 3.75. The summed E-state index contributed by atoms with van der Waals surface area (Å²) in [5, 5.41) is 0. The Labute approximate surface area is 56.2 Å². The predicted octanol–water partition coefficient (Wildman–Crippen LogP) is 2.01. The van der Waals surface area contributed by atoms with Gasteiger partial charge < -0.3 is 9.42 Å². The van der Waals surface area contributed by atoms with Gasteiger partial charge in [0, 0.05) is 0 Å². The Morgan fingerprint density at radius 1 is 2.00 bits per heavy atom. The van der Waals surface area contributed by atoms with Crippen molar-refractivity contribution in [3.8, 4) is 0 Å². The molecule has 50 valence electrons. The van der Waals surface area contributed by atoms with Crippen LogP contribution in [0.15, 0.2) is 0 Å². The molecule has 1 N–H and O–H groups in total. The van der Waals surface area contributed by atoms with Crippen LogP contribution in [0.2, 0.25) is 0 Å². The first-order chi connectivity index (χ1) is 3.62. The Morgan fingerprint density at radius 3 is 2.62 bits per heavy atom. The molecule has 0 amide bonds. The molecule has 0 spiro atoms. The zero-order valence-electron chi connectivity index (χ0n) is 4.20. The lowest BCUT2D eigenvalue weighted by atomic mass is 10.9. The highest BCUT2D eigenvalue weighted by molar-refractivity contribution is 8.66. The van der Waals surface area contributed by atoms with Gasteiger partial charge in [0.15, 0.2) is 0 Å². The second-order valence-electron chi connectivity index (χ2n) is 0.955. The van der Waals surface area contributed by atoms with Gasteiger partial charge in [0.2, 0.25) is 0 Å². The van der Waals surface area contributed by atoms with E-state index in [2.05, 4.69) is 4.52 Å². The van der Waals surface area contributed by atoms with E-state index in [0.717, 1.165) is 0 Å². The Morgan fingerprint density at radius 2 is 2.50 bits per heavy atom. The summed E-state index contributed by atoms with van der Waals surface area (Å²) in [6.07, 6.45) is 0. The van der Waals surface area contributed by atoms with Crippen LogP contribution in [0.4, 0.5) is 0 Å². The molecule has 0 aliphatic rings. The van der Waals surface area contributed by atoms with Crippen LogP contribution in [0.3, 0.4) is 0 Å². The molecule has 0 aromatic rings. The molecule has 0 bridgehead atoms. The van der Waals surface area contributed by atoms with Crippen molar-refractivity contribution in [1.29, 1.82) is 0 Å². The second kappa shape index (κ2) is 3.75. The molecule has 0 radical (unpaired) electrons. The molecule has 1 unspecified atom stereocenters. The van der Waals surface area contributed by atoms with Gasteiger partial charge in [-0.25, -0.2) is 4.57 Å². The van der Waals surface area contributed by atoms with Crippen LogP contribution in [0, 0.1) is 0 Å². The van der Waals surface area contributed by atoms with Gasteiger partial charge in [-0.15, -0.1) is 0 Å².